The van der Waals surface area contributed by atoms with Crippen molar-refractivity contribution in [3.63, 3.8) is 0 Å². The largest absolute Gasteiger partial charge is 0.351 e. The van der Waals surface area contributed by atoms with Crippen LogP contribution in [0.3, 0.4) is 0 Å². The maximum absolute atomic E-state index is 12.4. The second-order valence-electron chi connectivity index (χ2n) is 5.10. The van der Waals surface area contributed by atoms with Crippen molar-refractivity contribution in [2.45, 2.75) is 10.6 Å². The van der Waals surface area contributed by atoms with E-state index in [9.17, 15) is 4.79 Å². The van der Waals surface area contributed by atoms with Crippen molar-refractivity contribution in [1.82, 2.24) is 5.32 Å². The van der Waals surface area contributed by atoms with Crippen molar-refractivity contribution in [3.05, 3.63) is 76.3 Å². The van der Waals surface area contributed by atoms with Gasteiger partial charge in [-0.2, -0.15) is 11.8 Å². The van der Waals surface area contributed by atoms with Crippen LogP contribution in [0.1, 0.15) is 15.9 Å². The fraction of sp³-hybridized carbons (Fsp3) is 0.211. The predicted octanol–water partition coefficient (Wildman–Crippen LogP) is 5.93. The minimum atomic E-state index is -0.0523. The van der Waals surface area contributed by atoms with Gasteiger partial charge in [-0.05, 0) is 29.8 Å². The van der Waals surface area contributed by atoms with Gasteiger partial charge in [0.1, 0.15) is 0 Å². The molecule has 0 atom stereocenters. The van der Waals surface area contributed by atoms with Gasteiger partial charge in [-0.25, -0.2) is 0 Å². The van der Waals surface area contributed by atoms with Gasteiger partial charge in [-0.15, -0.1) is 18.3 Å². The van der Waals surface area contributed by atoms with Crippen molar-refractivity contribution in [2.75, 3.05) is 18.1 Å². The van der Waals surface area contributed by atoms with Gasteiger partial charge >= 0.3 is 0 Å². The third-order valence-corrected chi connectivity index (χ3v) is 6.09. The third kappa shape index (κ3) is 6.30. The van der Waals surface area contributed by atoms with Crippen LogP contribution in [0.5, 0.6) is 0 Å². The Labute approximate surface area is 167 Å². The number of thioether (sulfide) groups is 2. The topological polar surface area (TPSA) is 29.1 Å². The van der Waals surface area contributed by atoms with Crippen LogP contribution in [0.15, 0.2) is 60.0 Å². The Kier molecular flexibility index (Phi) is 8.76. The number of rotatable bonds is 9. The van der Waals surface area contributed by atoms with E-state index in [-0.39, 0.29) is 5.91 Å². The smallest absolute Gasteiger partial charge is 0.252 e. The third-order valence-electron chi connectivity index (χ3n) is 3.33. The first kappa shape index (κ1) is 20.2. The summed E-state index contributed by atoms with van der Waals surface area (Å²) in [6, 6.07) is 13.1. The first-order valence-corrected chi connectivity index (χ1v) is 10.6. The molecule has 0 aliphatic heterocycles. The number of hydrogen-bond donors (Lipinski definition) is 1. The van der Waals surface area contributed by atoms with E-state index >= 15 is 0 Å². The van der Waals surface area contributed by atoms with Gasteiger partial charge in [0.2, 0.25) is 0 Å². The molecule has 2 nitrogen and oxygen atoms in total. The monoisotopic (exact) mass is 411 g/mol. The molecule has 0 fully saturated rings. The fourth-order valence-electron chi connectivity index (χ4n) is 2.11. The van der Waals surface area contributed by atoms with Crippen molar-refractivity contribution >= 4 is 52.6 Å². The average Bonchev–Trinajstić information content (AvgIpc) is 2.62. The molecule has 0 radical (unpaired) electrons. The van der Waals surface area contributed by atoms with E-state index in [2.05, 4.69) is 11.9 Å². The fourth-order valence-corrected chi connectivity index (χ4v) is 4.49. The van der Waals surface area contributed by atoms with Crippen LogP contribution >= 0.6 is 46.7 Å². The Hall–Kier alpha value is -1.07. The standard InChI is InChI=1S/C19H19Cl2NOS2/c1-2-11-25-18-9-4-3-6-14(18)19(23)22-10-12-24-13-15-16(20)7-5-8-17(15)21/h2-9H,1,10-13H2,(H,22,23). The van der Waals surface area contributed by atoms with Crippen molar-refractivity contribution in [1.29, 1.82) is 0 Å². The van der Waals surface area contributed by atoms with Gasteiger partial charge in [0.15, 0.2) is 0 Å². The maximum Gasteiger partial charge on any atom is 0.252 e. The molecule has 6 heteroatoms. The zero-order valence-electron chi connectivity index (χ0n) is 13.6. The SMILES string of the molecule is C=CCSc1ccccc1C(=O)NCCSCc1c(Cl)cccc1Cl. The molecule has 2 rings (SSSR count). The average molecular weight is 412 g/mol. The highest BCUT2D eigenvalue weighted by atomic mass is 35.5. The lowest BCUT2D eigenvalue weighted by atomic mass is 10.2. The van der Waals surface area contributed by atoms with Crippen LogP contribution < -0.4 is 5.32 Å². The van der Waals surface area contributed by atoms with Crippen LogP contribution in [0.25, 0.3) is 0 Å². The molecule has 0 heterocycles. The lowest BCUT2D eigenvalue weighted by Gasteiger charge is -2.10. The normalized spacial score (nSPS) is 10.5. The molecule has 2 aromatic carbocycles. The molecule has 0 aromatic heterocycles. The van der Waals surface area contributed by atoms with Crippen LogP contribution in [-0.4, -0.2) is 24.0 Å². The van der Waals surface area contributed by atoms with E-state index in [0.29, 0.717) is 22.2 Å². The zero-order valence-corrected chi connectivity index (χ0v) is 16.8. The van der Waals surface area contributed by atoms with E-state index < -0.39 is 0 Å². The van der Waals surface area contributed by atoms with Crippen molar-refractivity contribution in [3.8, 4) is 0 Å². The highest BCUT2D eigenvalue weighted by molar-refractivity contribution is 7.99. The molecule has 0 aliphatic carbocycles. The highest BCUT2D eigenvalue weighted by Gasteiger charge is 2.10. The Morgan fingerprint density at radius 2 is 1.84 bits per heavy atom. The van der Waals surface area contributed by atoms with E-state index in [1.54, 1.807) is 23.5 Å². The van der Waals surface area contributed by atoms with Gasteiger partial charge in [0.25, 0.3) is 5.91 Å². The first-order chi connectivity index (χ1) is 12.1. The molecule has 0 saturated carbocycles. The van der Waals surface area contributed by atoms with Crippen molar-refractivity contribution in [2.24, 2.45) is 0 Å². The minimum Gasteiger partial charge on any atom is -0.351 e. The summed E-state index contributed by atoms with van der Waals surface area (Å²) in [5.41, 5.74) is 1.64. The molecular weight excluding hydrogens is 393 g/mol. The van der Waals surface area contributed by atoms with E-state index in [4.69, 9.17) is 23.2 Å². The van der Waals surface area contributed by atoms with Gasteiger partial charge in [-0.3, -0.25) is 4.79 Å². The maximum atomic E-state index is 12.4. The minimum absolute atomic E-state index is 0.0523. The molecule has 25 heavy (non-hydrogen) atoms. The molecule has 132 valence electrons. The van der Waals surface area contributed by atoms with Crippen LogP contribution in [0.2, 0.25) is 10.0 Å². The number of amides is 1. The van der Waals surface area contributed by atoms with Gasteiger partial charge < -0.3 is 5.32 Å². The van der Waals surface area contributed by atoms with E-state index in [0.717, 1.165) is 27.7 Å². The summed E-state index contributed by atoms with van der Waals surface area (Å²) in [6.45, 7) is 4.30. The quantitative estimate of drug-likeness (QED) is 0.314. The number of carbonyl (C=O) groups is 1. The molecule has 0 bridgehead atoms. The summed E-state index contributed by atoms with van der Waals surface area (Å²) < 4.78 is 0. The van der Waals surface area contributed by atoms with Crippen LogP contribution in [-0.2, 0) is 5.75 Å². The van der Waals surface area contributed by atoms with Gasteiger partial charge in [-0.1, -0.05) is 47.5 Å². The predicted molar refractivity (Wildman–Crippen MR) is 112 cm³/mol. The molecule has 0 saturated heterocycles. The number of benzene rings is 2. The Morgan fingerprint density at radius 1 is 1.12 bits per heavy atom. The number of halogens is 2. The second-order valence-corrected chi connectivity index (χ2v) is 8.09. The lowest BCUT2D eigenvalue weighted by molar-refractivity contribution is 0.0953. The summed E-state index contributed by atoms with van der Waals surface area (Å²) in [6.07, 6.45) is 1.83. The Bertz CT molecular complexity index is 717. The molecular formula is C19H19Cl2NOS2. The highest BCUT2D eigenvalue weighted by Crippen LogP contribution is 2.28. The Morgan fingerprint density at radius 3 is 2.56 bits per heavy atom. The van der Waals surface area contributed by atoms with Crippen molar-refractivity contribution < 1.29 is 4.79 Å². The van der Waals surface area contributed by atoms with Gasteiger partial charge in [0, 0.05) is 38.7 Å². The molecule has 2 aromatic rings. The molecule has 1 amide bonds. The molecule has 1 N–H and O–H groups in total. The van der Waals surface area contributed by atoms with Gasteiger partial charge in [0.05, 0.1) is 5.56 Å². The molecule has 0 unspecified atom stereocenters. The summed E-state index contributed by atoms with van der Waals surface area (Å²) in [5, 5.41) is 4.32. The van der Waals surface area contributed by atoms with E-state index in [1.165, 1.54) is 0 Å². The number of carbonyl (C=O) groups excluding carboxylic acids is 1. The first-order valence-electron chi connectivity index (χ1n) is 7.75. The van der Waals surface area contributed by atoms with Crippen LogP contribution in [0, 0.1) is 0 Å². The summed E-state index contributed by atoms with van der Waals surface area (Å²) >= 11 is 15.6. The second kappa shape index (κ2) is 10.8. The molecule has 0 aliphatic rings. The zero-order chi connectivity index (χ0) is 18.1. The number of nitrogens with one attached hydrogen (secondary N) is 1. The summed E-state index contributed by atoms with van der Waals surface area (Å²) in [4.78, 5) is 13.3. The molecule has 0 spiro atoms. The van der Waals surface area contributed by atoms with Crippen LogP contribution in [0.4, 0.5) is 0 Å². The summed E-state index contributed by atoms with van der Waals surface area (Å²) in [5.74, 6) is 2.23. The van der Waals surface area contributed by atoms with E-state index in [1.807, 2.05) is 48.5 Å². The Balaban J connectivity index is 1.80. The number of hydrogen-bond acceptors (Lipinski definition) is 3. The lowest BCUT2D eigenvalue weighted by Crippen LogP contribution is -2.26. The summed E-state index contributed by atoms with van der Waals surface area (Å²) in [7, 11) is 0.